The molecule has 0 spiro atoms. The van der Waals surface area contributed by atoms with E-state index >= 15 is 0 Å². The van der Waals surface area contributed by atoms with E-state index in [4.69, 9.17) is 9.72 Å². The van der Waals surface area contributed by atoms with Crippen LogP contribution in [0.5, 0.6) is 5.75 Å². The highest BCUT2D eigenvalue weighted by Gasteiger charge is 2.49. The number of benzene rings is 1. The van der Waals surface area contributed by atoms with Crippen LogP contribution in [0.1, 0.15) is 35.3 Å². The van der Waals surface area contributed by atoms with E-state index in [1.54, 1.807) is 0 Å². The minimum atomic E-state index is -0.492. The number of likely N-dealkylation sites (tertiary alicyclic amines) is 1. The molecule has 1 N–H and O–H groups in total. The molecule has 1 aromatic carbocycles. The Balaban J connectivity index is 1.22. The second-order valence-corrected chi connectivity index (χ2v) is 11.8. The van der Waals surface area contributed by atoms with Gasteiger partial charge in [0.1, 0.15) is 10.5 Å². The van der Waals surface area contributed by atoms with Gasteiger partial charge in [-0.3, -0.25) is 4.79 Å². The smallest absolute Gasteiger partial charge is 0.407 e. The van der Waals surface area contributed by atoms with Crippen molar-refractivity contribution < 1.29 is 14.3 Å². The summed E-state index contributed by atoms with van der Waals surface area (Å²) in [5, 5.41) is 5.71. The molecule has 2 aliphatic rings. The number of hydrogen-bond donors (Lipinski definition) is 1. The number of ether oxygens (including phenoxy) is 1. The third-order valence-electron chi connectivity index (χ3n) is 7.38. The molecule has 2 amide bonds. The number of aromatic nitrogens is 2. The lowest BCUT2D eigenvalue weighted by Crippen LogP contribution is -2.50. The van der Waals surface area contributed by atoms with E-state index in [0.717, 1.165) is 45.2 Å². The summed E-state index contributed by atoms with van der Waals surface area (Å²) >= 11 is 3.06. The van der Waals surface area contributed by atoms with Crippen LogP contribution in [0.4, 0.5) is 9.93 Å². The molecular formula is C27H29N5O3S2. The number of anilines is 1. The minimum Gasteiger partial charge on any atom is -0.407 e. The fourth-order valence-electron chi connectivity index (χ4n) is 5.66. The van der Waals surface area contributed by atoms with Crippen LogP contribution in [0.2, 0.25) is 0 Å². The molecule has 0 unspecified atom stereocenters. The largest absolute Gasteiger partial charge is 0.412 e. The van der Waals surface area contributed by atoms with Crippen molar-refractivity contribution in [3.63, 3.8) is 0 Å². The number of carbonyl (C=O) groups excluding carboxylic acids is 2. The van der Waals surface area contributed by atoms with E-state index in [2.05, 4.69) is 5.32 Å². The molecule has 6 rings (SSSR count). The average Bonchev–Trinajstić information content (AvgIpc) is 3.70. The van der Waals surface area contributed by atoms with E-state index in [9.17, 15) is 9.59 Å². The van der Waals surface area contributed by atoms with Crippen molar-refractivity contribution in [1.82, 2.24) is 19.6 Å². The number of carbonyl (C=O) groups is 2. The third-order valence-corrected chi connectivity index (χ3v) is 9.53. The third kappa shape index (κ3) is 4.27. The van der Waals surface area contributed by atoms with Crippen LogP contribution in [-0.4, -0.2) is 59.0 Å². The Kier molecular flexibility index (Phi) is 6.16. The molecule has 1 saturated carbocycles. The quantitative estimate of drug-likeness (QED) is 0.363. The fourth-order valence-corrected chi connectivity index (χ4v) is 7.52. The monoisotopic (exact) mass is 535 g/mol. The number of thiazole rings is 2. The Morgan fingerprint density at radius 2 is 2.03 bits per heavy atom. The van der Waals surface area contributed by atoms with Gasteiger partial charge >= 0.3 is 6.09 Å². The maximum absolute atomic E-state index is 14.0. The van der Waals surface area contributed by atoms with Gasteiger partial charge in [-0.15, -0.1) is 11.3 Å². The first-order valence-electron chi connectivity index (χ1n) is 12.5. The zero-order chi connectivity index (χ0) is 25.7. The van der Waals surface area contributed by atoms with Gasteiger partial charge in [-0.1, -0.05) is 41.7 Å². The van der Waals surface area contributed by atoms with E-state index in [-0.39, 0.29) is 18.0 Å². The molecule has 4 heterocycles. The van der Waals surface area contributed by atoms with Crippen LogP contribution in [0.25, 0.3) is 15.3 Å². The highest BCUT2D eigenvalue weighted by Crippen LogP contribution is 2.44. The fraction of sp³-hybridized carbons (Fsp3) is 0.370. The Labute approximate surface area is 223 Å². The summed E-state index contributed by atoms with van der Waals surface area (Å²) in [4.78, 5) is 37.3. The number of nitrogens with zero attached hydrogens (tertiary/aromatic N) is 4. The van der Waals surface area contributed by atoms with Gasteiger partial charge in [-0.05, 0) is 37.7 Å². The molecule has 37 heavy (non-hydrogen) atoms. The molecular weight excluding hydrogens is 506 g/mol. The summed E-state index contributed by atoms with van der Waals surface area (Å²) in [5.74, 6) is 0.889. The van der Waals surface area contributed by atoms with Gasteiger partial charge in [0.15, 0.2) is 10.9 Å². The van der Waals surface area contributed by atoms with E-state index in [1.165, 1.54) is 22.7 Å². The Morgan fingerprint density at radius 1 is 1.22 bits per heavy atom. The highest BCUT2D eigenvalue weighted by molar-refractivity contribution is 7.19. The van der Waals surface area contributed by atoms with Crippen LogP contribution in [-0.2, 0) is 0 Å². The van der Waals surface area contributed by atoms with E-state index in [1.807, 2.05) is 83.3 Å². The molecule has 2 fully saturated rings. The molecule has 192 valence electrons. The number of rotatable bonds is 6. The summed E-state index contributed by atoms with van der Waals surface area (Å²) in [6, 6.07) is 10.1. The number of fused-ring (bicyclic) bond motifs is 3. The Bertz CT molecular complexity index is 1460. The zero-order valence-corrected chi connectivity index (χ0v) is 22.6. The Hall–Kier alpha value is -3.37. The second kappa shape index (κ2) is 9.50. The van der Waals surface area contributed by atoms with Gasteiger partial charge in [0.2, 0.25) is 0 Å². The molecule has 2 bridgehead atoms. The normalized spacial score (nSPS) is 20.5. The molecule has 4 aromatic rings. The van der Waals surface area contributed by atoms with Gasteiger partial charge in [-0.2, -0.15) is 0 Å². The van der Waals surface area contributed by atoms with Gasteiger partial charge < -0.3 is 24.3 Å². The van der Waals surface area contributed by atoms with E-state index in [0.29, 0.717) is 23.9 Å². The molecule has 10 heteroatoms. The van der Waals surface area contributed by atoms with Gasteiger partial charge in [-0.25, -0.2) is 9.78 Å². The maximum Gasteiger partial charge on any atom is 0.412 e. The molecule has 1 aliphatic carbocycles. The van der Waals surface area contributed by atoms with Gasteiger partial charge in [0.05, 0.1) is 10.9 Å². The molecule has 3 atom stereocenters. The number of amides is 2. The first kappa shape index (κ1) is 24.0. The number of nitrogens with one attached hydrogen (secondary N) is 1. The van der Waals surface area contributed by atoms with Gasteiger partial charge in [0, 0.05) is 50.0 Å². The summed E-state index contributed by atoms with van der Waals surface area (Å²) in [5.41, 5.74) is 2.39. The van der Waals surface area contributed by atoms with Crippen molar-refractivity contribution in [2.75, 3.05) is 25.5 Å². The molecule has 1 aliphatic heterocycles. The number of piperidine rings is 1. The van der Waals surface area contributed by atoms with Crippen LogP contribution < -0.4 is 15.0 Å². The summed E-state index contributed by atoms with van der Waals surface area (Å²) in [6.07, 6.45) is 6.42. The average molecular weight is 536 g/mol. The predicted octanol–water partition coefficient (Wildman–Crippen LogP) is 5.28. The highest BCUT2D eigenvalue weighted by atomic mass is 32.1. The zero-order valence-electron chi connectivity index (χ0n) is 21.0. The lowest BCUT2D eigenvalue weighted by molar-refractivity contribution is 0.0586. The molecule has 1 saturated heterocycles. The first-order chi connectivity index (χ1) is 17.9. The van der Waals surface area contributed by atoms with Crippen LogP contribution >= 0.6 is 22.7 Å². The lowest BCUT2D eigenvalue weighted by atomic mass is 9.98. The SMILES string of the molecule is Cc1cn2ccsc2c1OC(=O)NC[C@@H]1[C@H]2CC[C@H](C2)N1C(=O)c1nc(N(C)C)sc1-c1ccccc1. The number of aryl methyl sites for hydroxylation is 1. The summed E-state index contributed by atoms with van der Waals surface area (Å²) < 4.78 is 7.66. The van der Waals surface area contributed by atoms with Gasteiger partial charge in [0.25, 0.3) is 5.91 Å². The number of hydrogen-bond acceptors (Lipinski definition) is 7. The lowest BCUT2D eigenvalue weighted by Gasteiger charge is -2.35. The molecule has 0 radical (unpaired) electrons. The summed E-state index contributed by atoms with van der Waals surface area (Å²) in [6.45, 7) is 2.29. The van der Waals surface area contributed by atoms with Crippen molar-refractivity contribution in [3.05, 3.63) is 59.4 Å². The minimum absolute atomic E-state index is 0.0563. The van der Waals surface area contributed by atoms with Crippen molar-refractivity contribution >= 4 is 44.6 Å². The second-order valence-electron chi connectivity index (χ2n) is 9.97. The topological polar surface area (TPSA) is 79.2 Å². The van der Waals surface area contributed by atoms with Crippen LogP contribution in [0.3, 0.4) is 0 Å². The van der Waals surface area contributed by atoms with Crippen molar-refractivity contribution in [2.45, 2.75) is 38.3 Å². The van der Waals surface area contributed by atoms with Crippen molar-refractivity contribution in [3.8, 4) is 16.2 Å². The standard InChI is InChI=1S/C27H29N5O3S2/c1-16-15-31-11-12-36-25(31)22(16)35-27(34)28-14-20-18-9-10-19(13-18)32(20)24(33)21-23(17-7-5-4-6-8-17)37-26(29-21)30(2)3/h4-8,11-12,15,18-20H,9-10,13-14H2,1-3H3,(H,28,34)/t18-,19+,20+/m0/s1. The maximum atomic E-state index is 14.0. The first-order valence-corrected chi connectivity index (χ1v) is 14.2. The summed E-state index contributed by atoms with van der Waals surface area (Å²) in [7, 11) is 3.88. The van der Waals surface area contributed by atoms with Crippen molar-refractivity contribution in [1.29, 1.82) is 0 Å². The van der Waals surface area contributed by atoms with Crippen molar-refractivity contribution in [2.24, 2.45) is 5.92 Å². The predicted molar refractivity (Wildman–Crippen MR) is 147 cm³/mol. The molecule has 3 aromatic heterocycles. The van der Waals surface area contributed by atoms with E-state index < -0.39 is 6.09 Å². The van der Waals surface area contributed by atoms with Crippen LogP contribution in [0, 0.1) is 12.8 Å². The molecule has 8 nitrogen and oxygen atoms in total. The van der Waals surface area contributed by atoms with Crippen LogP contribution in [0.15, 0.2) is 48.1 Å². The Morgan fingerprint density at radius 3 is 2.81 bits per heavy atom.